The number of ether oxygens (including phenoxy) is 5. The molecule has 1 N–H and O–H groups in total. The van der Waals surface area contributed by atoms with Crippen molar-refractivity contribution in [2.24, 2.45) is 0 Å². The Morgan fingerprint density at radius 2 is 1.96 bits per heavy atom. The van der Waals surface area contributed by atoms with Crippen molar-refractivity contribution in [1.29, 1.82) is 0 Å². The molecule has 0 aromatic heterocycles. The summed E-state index contributed by atoms with van der Waals surface area (Å²) >= 11 is 0.853. The van der Waals surface area contributed by atoms with Crippen molar-refractivity contribution in [3.63, 3.8) is 0 Å². The highest BCUT2D eigenvalue weighted by Crippen LogP contribution is 2.06. The molecule has 0 aromatic rings. The Hall–Kier alpha value is -1.78. The van der Waals surface area contributed by atoms with E-state index in [2.05, 4.69) is 11.9 Å². The molecule has 0 atom stereocenters. The number of carbonyl (C=O) groups excluding carboxylic acids is 3. The first-order valence-corrected chi connectivity index (χ1v) is 7.79. The molecule has 1 saturated heterocycles. The lowest BCUT2D eigenvalue weighted by Gasteiger charge is -2.21. The fourth-order valence-corrected chi connectivity index (χ4v) is 1.88. The second-order valence-corrected chi connectivity index (χ2v) is 5.17. The predicted octanol–water partition coefficient (Wildman–Crippen LogP) is 0.684. The van der Waals surface area contributed by atoms with Crippen molar-refractivity contribution in [3.8, 4) is 0 Å². The number of nitrogens with one attached hydrogen (secondary N) is 1. The molecule has 0 saturated carbocycles. The molecule has 1 heterocycles. The molecular formula is C13H19NO8S. The van der Waals surface area contributed by atoms with Gasteiger partial charge in [-0.15, -0.1) is 0 Å². The zero-order chi connectivity index (χ0) is 16.9. The molecule has 1 aliphatic rings. The van der Waals surface area contributed by atoms with Gasteiger partial charge in [0.15, 0.2) is 6.10 Å². The fourth-order valence-electron chi connectivity index (χ4n) is 1.38. The average Bonchev–Trinajstić information content (AvgIpc) is 2.56. The topological polar surface area (TPSA) is 109 Å². The van der Waals surface area contributed by atoms with E-state index in [0.29, 0.717) is 0 Å². The minimum Gasteiger partial charge on any atom is -0.456 e. The number of hydrogen-bond acceptors (Lipinski definition) is 9. The van der Waals surface area contributed by atoms with E-state index in [1.165, 1.54) is 0 Å². The quantitative estimate of drug-likeness (QED) is 0.384. The van der Waals surface area contributed by atoms with Crippen LogP contribution in [0.5, 0.6) is 0 Å². The Labute approximate surface area is 137 Å². The number of hydrogen-bond donors (Lipinski definition) is 1. The first kappa shape index (κ1) is 19.3. The lowest BCUT2D eigenvalue weighted by Crippen LogP contribution is -2.33. The lowest BCUT2D eigenvalue weighted by atomic mass is 10.4. The van der Waals surface area contributed by atoms with Gasteiger partial charge in [0.25, 0.3) is 0 Å². The Morgan fingerprint density at radius 1 is 1.22 bits per heavy atom. The molecule has 0 aromatic carbocycles. The van der Waals surface area contributed by atoms with Gasteiger partial charge in [0.2, 0.25) is 5.91 Å². The fraction of sp³-hybridized carbons (Fsp3) is 0.615. The van der Waals surface area contributed by atoms with Gasteiger partial charge in [0.1, 0.15) is 20.0 Å². The van der Waals surface area contributed by atoms with E-state index in [-0.39, 0.29) is 51.4 Å². The minimum absolute atomic E-state index is 0.000232. The zero-order valence-corrected chi connectivity index (χ0v) is 13.3. The minimum atomic E-state index is -0.842. The summed E-state index contributed by atoms with van der Waals surface area (Å²) in [7, 11) is 0. The molecule has 0 unspecified atom stereocenters. The predicted molar refractivity (Wildman–Crippen MR) is 80.0 cm³/mol. The molecule has 0 radical (unpaired) electrons. The first-order valence-electron chi connectivity index (χ1n) is 6.80. The standard InChI is InChI=1S/C13H19NO8S/c1-2-11(15)14-3-4-21-13(17)23-6-5-20-12(16)22-10-7-18-9-19-8-10/h2,10H,1,3-9H2,(H,14,15). The number of rotatable bonds is 8. The van der Waals surface area contributed by atoms with Crippen molar-refractivity contribution in [2.45, 2.75) is 6.10 Å². The van der Waals surface area contributed by atoms with Crippen LogP contribution in [0.2, 0.25) is 0 Å². The number of thioether (sulfide) groups is 1. The Morgan fingerprint density at radius 3 is 2.65 bits per heavy atom. The van der Waals surface area contributed by atoms with Gasteiger partial charge in [0, 0.05) is 5.75 Å². The molecule has 1 amide bonds. The van der Waals surface area contributed by atoms with Crippen molar-refractivity contribution in [1.82, 2.24) is 5.32 Å². The van der Waals surface area contributed by atoms with Gasteiger partial charge >= 0.3 is 11.5 Å². The van der Waals surface area contributed by atoms with Gasteiger partial charge in [-0.3, -0.25) is 4.79 Å². The third-order valence-electron chi connectivity index (χ3n) is 2.37. The van der Waals surface area contributed by atoms with E-state index in [1.807, 2.05) is 0 Å². The van der Waals surface area contributed by atoms with Gasteiger partial charge in [-0.25, -0.2) is 9.59 Å². The summed E-state index contributed by atoms with van der Waals surface area (Å²) in [5, 5.41) is 1.93. The molecule has 0 bridgehead atoms. The van der Waals surface area contributed by atoms with Crippen LogP contribution in [-0.4, -0.2) is 69.0 Å². The van der Waals surface area contributed by atoms with E-state index in [0.717, 1.165) is 17.8 Å². The van der Waals surface area contributed by atoms with Gasteiger partial charge < -0.3 is 29.0 Å². The monoisotopic (exact) mass is 349 g/mol. The summed E-state index contributed by atoms with van der Waals surface area (Å²) in [5.74, 6) is -0.112. The van der Waals surface area contributed by atoms with Crippen LogP contribution in [0.4, 0.5) is 9.59 Å². The van der Waals surface area contributed by atoms with Crippen molar-refractivity contribution in [2.75, 3.05) is 45.5 Å². The van der Waals surface area contributed by atoms with Crippen LogP contribution in [0, 0.1) is 0 Å². The maximum atomic E-state index is 11.3. The normalized spacial score (nSPS) is 14.6. The molecule has 1 rings (SSSR count). The summed E-state index contributed by atoms with van der Waals surface area (Å²) < 4.78 is 24.5. The summed E-state index contributed by atoms with van der Waals surface area (Å²) in [6.45, 7) is 4.25. The molecule has 130 valence electrons. The molecule has 9 nitrogen and oxygen atoms in total. The van der Waals surface area contributed by atoms with Crippen LogP contribution in [0.15, 0.2) is 12.7 Å². The van der Waals surface area contributed by atoms with E-state index in [1.54, 1.807) is 0 Å². The third kappa shape index (κ3) is 9.76. The van der Waals surface area contributed by atoms with E-state index in [9.17, 15) is 14.4 Å². The third-order valence-corrected chi connectivity index (χ3v) is 3.09. The van der Waals surface area contributed by atoms with Crippen molar-refractivity contribution < 1.29 is 38.1 Å². The van der Waals surface area contributed by atoms with E-state index < -0.39 is 17.6 Å². The summed E-state index contributed by atoms with van der Waals surface area (Å²) in [4.78, 5) is 33.5. The van der Waals surface area contributed by atoms with Gasteiger partial charge in [-0.2, -0.15) is 0 Å². The summed E-state index contributed by atoms with van der Waals surface area (Å²) in [6.07, 6.45) is -0.205. The molecule has 0 aliphatic carbocycles. The van der Waals surface area contributed by atoms with Crippen molar-refractivity contribution >= 4 is 29.1 Å². The maximum Gasteiger partial charge on any atom is 0.508 e. The molecule has 1 fully saturated rings. The van der Waals surface area contributed by atoms with E-state index in [4.69, 9.17) is 23.7 Å². The second-order valence-electron chi connectivity index (χ2n) is 4.14. The smallest absolute Gasteiger partial charge is 0.456 e. The van der Waals surface area contributed by atoms with Crippen LogP contribution in [0.1, 0.15) is 0 Å². The summed E-state index contributed by atoms with van der Waals surface area (Å²) in [6, 6.07) is 0. The SMILES string of the molecule is C=CC(=O)NCCOC(=O)SCCOC(=O)OC1COCOC1. The van der Waals surface area contributed by atoms with Crippen LogP contribution in [0.25, 0.3) is 0 Å². The highest BCUT2D eigenvalue weighted by Gasteiger charge is 2.19. The number of carbonyl (C=O) groups is 3. The second kappa shape index (κ2) is 11.7. The molecule has 0 spiro atoms. The van der Waals surface area contributed by atoms with Crippen LogP contribution >= 0.6 is 11.8 Å². The van der Waals surface area contributed by atoms with Crippen molar-refractivity contribution in [3.05, 3.63) is 12.7 Å². The average molecular weight is 349 g/mol. The van der Waals surface area contributed by atoms with Gasteiger partial charge in [-0.1, -0.05) is 6.58 Å². The largest absolute Gasteiger partial charge is 0.508 e. The summed E-state index contributed by atoms with van der Waals surface area (Å²) in [5.41, 5.74) is 0. The molecule has 23 heavy (non-hydrogen) atoms. The van der Waals surface area contributed by atoms with Gasteiger partial charge in [0.05, 0.1) is 19.8 Å². The van der Waals surface area contributed by atoms with Crippen LogP contribution in [0.3, 0.4) is 0 Å². The Bertz CT molecular complexity index is 411. The maximum absolute atomic E-state index is 11.3. The zero-order valence-electron chi connectivity index (χ0n) is 12.5. The van der Waals surface area contributed by atoms with Crippen LogP contribution in [-0.2, 0) is 28.5 Å². The molecule has 10 heteroatoms. The number of amides is 1. The van der Waals surface area contributed by atoms with Gasteiger partial charge in [-0.05, 0) is 17.8 Å². The Balaban J connectivity index is 1.96. The van der Waals surface area contributed by atoms with Crippen LogP contribution < -0.4 is 5.32 Å². The highest BCUT2D eigenvalue weighted by molar-refractivity contribution is 8.13. The lowest BCUT2D eigenvalue weighted by molar-refractivity contribution is -0.157. The highest BCUT2D eigenvalue weighted by atomic mass is 32.2. The first-order chi connectivity index (χ1) is 11.1. The Kier molecular flexibility index (Phi) is 9.84. The van der Waals surface area contributed by atoms with E-state index >= 15 is 0 Å². The molecule has 1 aliphatic heterocycles. The molecular weight excluding hydrogens is 330 g/mol.